The summed E-state index contributed by atoms with van der Waals surface area (Å²) in [7, 11) is 3.46. The Hall–Kier alpha value is -3.87. The number of aliphatic imine (C=N–C) groups is 2. The monoisotopic (exact) mass is 483 g/mol. The summed E-state index contributed by atoms with van der Waals surface area (Å²) in [4.78, 5) is 12.7. The van der Waals surface area contributed by atoms with E-state index < -0.39 is 0 Å². The zero-order chi connectivity index (χ0) is 24.7. The second kappa shape index (κ2) is 11.2. The largest absolute Gasteiger partial charge is 0.493 e. The number of anilines is 1. The Morgan fingerprint density at radius 1 is 1.00 bits per heavy atom. The van der Waals surface area contributed by atoms with E-state index in [1.165, 1.54) is 29.5 Å². The molecular formula is C29H33N5O2. The lowest BCUT2D eigenvalue weighted by molar-refractivity contribution is 0.200. The topological polar surface area (TPSA) is 80.1 Å². The Balaban J connectivity index is 1.47. The maximum Gasteiger partial charge on any atom is 0.201 e. The highest BCUT2D eigenvalue weighted by molar-refractivity contribution is 6.10. The predicted octanol–water partition coefficient (Wildman–Crippen LogP) is 5.19. The standard InChI is InChI=1S/C29H33N5O2/c1-30-29(34-28-19-32-28)33-23-7-5-6-21(17-23)25(16-20-12-14-31-15-13-20)22-10-11-26(35-2)27(18-22)36-24-8-3-4-9-24/h5-7,10-15,17-18,24-25H,3-4,8-9,16,19H2,1-2H3,(H2,30,32,33,34)/t25-/m1/s1. The average Bonchev–Trinajstić information content (AvgIpc) is 3.59. The molecule has 1 aromatic heterocycles. The number of ether oxygens (including phenoxy) is 2. The van der Waals surface area contributed by atoms with Crippen LogP contribution in [-0.4, -0.2) is 43.6 Å². The van der Waals surface area contributed by atoms with Crippen LogP contribution in [0.1, 0.15) is 48.3 Å². The van der Waals surface area contributed by atoms with Crippen LogP contribution in [0.2, 0.25) is 0 Å². The van der Waals surface area contributed by atoms with Gasteiger partial charge in [-0.2, -0.15) is 0 Å². The lowest BCUT2D eigenvalue weighted by atomic mass is 9.85. The minimum Gasteiger partial charge on any atom is -0.493 e. The highest BCUT2D eigenvalue weighted by Crippen LogP contribution is 2.37. The smallest absolute Gasteiger partial charge is 0.201 e. The molecular weight excluding hydrogens is 450 g/mol. The molecule has 36 heavy (non-hydrogen) atoms. The van der Waals surface area contributed by atoms with Crippen molar-refractivity contribution < 1.29 is 9.47 Å². The molecule has 186 valence electrons. The van der Waals surface area contributed by atoms with Crippen LogP contribution in [-0.2, 0) is 6.42 Å². The van der Waals surface area contributed by atoms with Gasteiger partial charge in [-0.15, -0.1) is 0 Å². The Morgan fingerprint density at radius 3 is 2.50 bits per heavy atom. The van der Waals surface area contributed by atoms with Crippen molar-refractivity contribution in [3.63, 3.8) is 0 Å². The van der Waals surface area contributed by atoms with Gasteiger partial charge in [0.05, 0.1) is 19.8 Å². The number of hydrogen-bond acceptors (Lipinski definition) is 5. The fourth-order valence-corrected chi connectivity index (χ4v) is 4.74. The second-order valence-electron chi connectivity index (χ2n) is 9.26. The first-order valence-corrected chi connectivity index (χ1v) is 12.6. The molecule has 1 aliphatic carbocycles. The summed E-state index contributed by atoms with van der Waals surface area (Å²) in [6, 6.07) is 19.0. The highest BCUT2D eigenvalue weighted by atomic mass is 16.5. The second-order valence-corrected chi connectivity index (χ2v) is 9.26. The maximum atomic E-state index is 6.43. The number of rotatable bonds is 8. The normalized spacial score (nSPS) is 16.3. The number of guanidine groups is 1. The summed E-state index contributed by atoms with van der Waals surface area (Å²) in [6.07, 6.45) is 9.45. The average molecular weight is 484 g/mol. The number of hydrogen-bond donors (Lipinski definition) is 2. The van der Waals surface area contributed by atoms with Gasteiger partial charge in [-0.3, -0.25) is 15.0 Å². The number of nitrogens with one attached hydrogen (secondary N) is 2. The fourth-order valence-electron chi connectivity index (χ4n) is 4.74. The molecule has 2 aromatic carbocycles. The third-order valence-electron chi connectivity index (χ3n) is 6.73. The summed E-state index contributed by atoms with van der Waals surface area (Å²) < 4.78 is 12.1. The van der Waals surface area contributed by atoms with Gasteiger partial charge >= 0.3 is 0 Å². The van der Waals surface area contributed by atoms with Gasteiger partial charge in [0.2, 0.25) is 5.96 Å². The number of nitrogens with zero attached hydrogens (tertiary/aromatic N) is 3. The molecule has 7 nitrogen and oxygen atoms in total. The predicted molar refractivity (Wildman–Crippen MR) is 145 cm³/mol. The first-order chi connectivity index (χ1) is 17.7. The van der Waals surface area contributed by atoms with Gasteiger partial charge in [-0.05, 0) is 85.2 Å². The molecule has 0 unspecified atom stereocenters. The molecule has 2 heterocycles. The fraction of sp³-hybridized carbons (Fsp3) is 0.345. The van der Waals surface area contributed by atoms with E-state index >= 15 is 0 Å². The Morgan fingerprint density at radius 2 is 1.78 bits per heavy atom. The zero-order valence-electron chi connectivity index (χ0n) is 20.9. The van der Waals surface area contributed by atoms with Crippen LogP contribution in [0.25, 0.3) is 0 Å². The summed E-state index contributed by atoms with van der Waals surface area (Å²) in [5.41, 5.74) is 4.59. The molecule has 0 saturated heterocycles. The van der Waals surface area contributed by atoms with E-state index in [1.54, 1.807) is 14.2 Å². The Kier molecular flexibility index (Phi) is 7.45. The molecule has 1 saturated carbocycles. The van der Waals surface area contributed by atoms with E-state index in [1.807, 2.05) is 18.5 Å². The number of amidine groups is 1. The van der Waals surface area contributed by atoms with Crippen molar-refractivity contribution in [3.8, 4) is 11.5 Å². The van der Waals surface area contributed by atoms with Gasteiger partial charge in [0, 0.05) is 31.0 Å². The molecule has 5 rings (SSSR count). The van der Waals surface area contributed by atoms with Crippen molar-refractivity contribution in [2.45, 2.75) is 44.1 Å². The lowest BCUT2D eigenvalue weighted by Crippen LogP contribution is -2.32. The summed E-state index contributed by atoms with van der Waals surface area (Å²) in [5, 5.41) is 6.61. The molecule has 0 radical (unpaired) electrons. The van der Waals surface area contributed by atoms with E-state index in [9.17, 15) is 0 Å². The SMILES string of the molecule is CN=C(NC1=NC1)Nc1cccc([C@@H](Cc2ccncc2)c2ccc(OC)c(OC3CCCC3)c2)c1. The first kappa shape index (κ1) is 23.9. The third kappa shape index (κ3) is 6.03. The van der Waals surface area contributed by atoms with E-state index in [2.05, 4.69) is 74.1 Å². The molecule has 1 atom stereocenters. The van der Waals surface area contributed by atoms with Crippen molar-refractivity contribution in [1.29, 1.82) is 0 Å². The van der Waals surface area contributed by atoms with Crippen LogP contribution in [0.5, 0.6) is 11.5 Å². The summed E-state index contributed by atoms with van der Waals surface area (Å²) >= 11 is 0. The van der Waals surface area contributed by atoms with Gasteiger partial charge < -0.3 is 20.1 Å². The van der Waals surface area contributed by atoms with Crippen molar-refractivity contribution in [3.05, 3.63) is 83.7 Å². The first-order valence-electron chi connectivity index (χ1n) is 12.6. The van der Waals surface area contributed by atoms with Gasteiger partial charge in [-0.1, -0.05) is 18.2 Å². The molecule has 0 spiro atoms. The van der Waals surface area contributed by atoms with Crippen LogP contribution >= 0.6 is 0 Å². The zero-order valence-corrected chi connectivity index (χ0v) is 20.9. The van der Waals surface area contributed by atoms with Gasteiger partial charge in [0.25, 0.3) is 0 Å². The van der Waals surface area contributed by atoms with Crippen LogP contribution in [0, 0.1) is 0 Å². The van der Waals surface area contributed by atoms with Gasteiger partial charge in [0.15, 0.2) is 11.5 Å². The third-order valence-corrected chi connectivity index (χ3v) is 6.73. The lowest BCUT2D eigenvalue weighted by Gasteiger charge is -2.22. The Labute approximate surface area is 212 Å². The molecule has 2 aliphatic rings. The van der Waals surface area contributed by atoms with E-state index in [0.29, 0.717) is 5.96 Å². The Bertz CT molecular complexity index is 1240. The van der Waals surface area contributed by atoms with E-state index in [-0.39, 0.29) is 12.0 Å². The number of pyridine rings is 1. The minimum atomic E-state index is 0.119. The molecule has 7 heteroatoms. The van der Waals surface area contributed by atoms with Crippen LogP contribution < -0.4 is 20.1 Å². The molecule has 1 fully saturated rings. The van der Waals surface area contributed by atoms with Crippen LogP contribution in [0.15, 0.2) is 77.0 Å². The van der Waals surface area contributed by atoms with E-state index in [4.69, 9.17) is 9.47 Å². The van der Waals surface area contributed by atoms with Crippen molar-refractivity contribution in [1.82, 2.24) is 10.3 Å². The van der Waals surface area contributed by atoms with E-state index in [0.717, 1.165) is 48.8 Å². The number of benzene rings is 2. The minimum absolute atomic E-state index is 0.119. The molecule has 0 amide bonds. The molecule has 2 N–H and O–H groups in total. The maximum absolute atomic E-state index is 6.43. The molecule has 3 aromatic rings. The van der Waals surface area contributed by atoms with Crippen LogP contribution in [0.4, 0.5) is 5.69 Å². The van der Waals surface area contributed by atoms with Gasteiger partial charge in [0.1, 0.15) is 5.84 Å². The summed E-state index contributed by atoms with van der Waals surface area (Å²) in [5.74, 6) is 3.36. The van der Waals surface area contributed by atoms with Crippen molar-refractivity contribution >= 4 is 17.5 Å². The molecule has 1 aliphatic heterocycles. The quantitative estimate of drug-likeness (QED) is 0.341. The van der Waals surface area contributed by atoms with Crippen LogP contribution in [0.3, 0.4) is 0 Å². The number of aromatic nitrogens is 1. The van der Waals surface area contributed by atoms with Gasteiger partial charge in [-0.25, -0.2) is 0 Å². The van der Waals surface area contributed by atoms with Crippen molar-refractivity contribution in [2.75, 3.05) is 26.0 Å². The molecule has 0 bridgehead atoms. The van der Waals surface area contributed by atoms with Crippen molar-refractivity contribution in [2.24, 2.45) is 9.98 Å². The highest BCUT2D eigenvalue weighted by Gasteiger charge is 2.22. The number of methoxy groups -OCH3 is 1. The summed E-state index contributed by atoms with van der Waals surface area (Å²) in [6.45, 7) is 0.747.